The van der Waals surface area contributed by atoms with Crippen molar-refractivity contribution in [3.8, 4) is 0 Å². The van der Waals surface area contributed by atoms with Gasteiger partial charge in [0.15, 0.2) is 6.10 Å². The molecule has 0 bridgehead atoms. The van der Waals surface area contributed by atoms with E-state index in [0.717, 1.165) is 77.0 Å². The van der Waals surface area contributed by atoms with E-state index in [1.165, 1.54) is 148 Å². The molecule has 0 aliphatic heterocycles. The Hall–Kier alpha value is -2.29. The molecule has 0 aliphatic rings. The Balaban J connectivity index is 3.86. The highest BCUT2D eigenvalue weighted by atomic mass is 31.2. The van der Waals surface area contributed by atoms with Crippen molar-refractivity contribution in [3.63, 3.8) is 0 Å². The van der Waals surface area contributed by atoms with Crippen molar-refractivity contribution in [1.29, 1.82) is 0 Å². The lowest BCUT2D eigenvalue weighted by Gasteiger charge is -2.19. The predicted molar refractivity (Wildman–Crippen MR) is 284 cm³/mol. The largest absolute Gasteiger partial charge is 0.472 e. The molecule has 67 heavy (non-hydrogen) atoms. The van der Waals surface area contributed by atoms with Gasteiger partial charge in [0, 0.05) is 19.4 Å². The van der Waals surface area contributed by atoms with Crippen molar-refractivity contribution in [1.82, 2.24) is 0 Å². The maximum Gasteiger partial charge on any atom is 0.472 e. The summed E-state index contributed by atoms with van der Waals surface area (Å²) in [5, 5.41) is 0. The lowest BCUT2D eigenvalue weighted by Crippen LogP contribution is -2.29. The lowest BCUT2D eigenvalue weighted by molar-refractivity contribution is -0.161. The van der Waals surface area contributed by atoms with Gasteiger partial charge in [-0.15, -0.1) is 0 Å². The number of unbranched alkanes of at least 4 members (excludes halogenated alkanes) is 29. The maximum absolute atomic E-state index is 12.7. The molecule has 0 aromatic carbocycles. The molecule has 0 saturated heterocycles. The van der Waals surface area contributed by atoms with E-state index in [4.69, 9.17) is 24.3 Å². The number of carbonyl (C=O) groups is 2. The smallest absolute Gasteiger partial charge is 0.462 e. The van der Waals surface area contributed by atoms with E-state index < -0.39 is 26.5 Å². The number of allylic oxidation sites excluding steroid dienone is 10. The Kier molecular flexibility index (Phi) is 51.3. The first-order valence-corrected chi connectivity index (χ1v) is 29.3. The van der Waals surface area contributed by atoms with Crippen LogP contribution in [-0.4, -0.2) is 49.3 Å². The summed E-state index contributed by atoms with van der Waals surface area (Å²) in [5.74, 6) is -0.830. The topological polar surface area (TPSA) is 134 Å². The fourth-order valence-corrected chi connectivity index (χ4v) is 8.56. The average molecular weight is 962 g/mol. The molecule has 2 unspecified atom stereocenters. The van der Waals surface area contributed by atoms with Crippen LogP contribution >= 0.6 is 7.82 Å². The Morgan fingerprint density at radius 1 is 0.463 bits per heavy atom. The summed E-state index contributed by atoms with van der Waals surface area (Å²) in [6.07, 6.45) is 65.7. The lowest BCUT2D eigenvalue weighted by atomic mass is 10.0. The van der Waals surface area contributed by atoms with Gasteiger partial charge in [0.2, 0.25) is 0 Å². The molecular weight excluding hydrogens is 858 g/mol. The Bertz CT molecular complexity index is 1280. The van der Waals surface area contributed by atoms with Gasteiger partial charge >= 0.3 is 19.8 Å². The van der Waals surface area contributed by atoms with Crippen LogP contribution in [0.1, 0.15) is 258 Å². The first-order valence-electron chi connectivity index (χ1n) is 27.8. The van der Waals surface area contributed by atoms with Crippen LogP contribution in [0.2, 0.25) is 0 Å². The van der Waals surface area contributed by atoms with Crippen molar-refractivity contribution >= 4 is 19.8 Å². The number of carbonyl (C=O) groups excluding carboxylic acids is 2. The Morgan fingerprint density at radius 3 is 1.24 bits per heavy atom. The van der Waals surface area contributed by atoms with Gasteiger partial charge in [0.05, 0.1) is 13.2 Å². The molecule has 2 atom stereocenters. The van der Waals surface area contributed by atoms with Gasteiger partial charge in [0.1, 0.15) is 6.61 Å². The summed E-state index contributed by atoms with van der Waals surface area (Å²) in [4.78, 5) is 35.0. The van der Waals surface area contributed by atoms with Gasteiger partial charge in [-0.1, -0.05) is 229 Å². The third-order valence-electron chi connectivity index (χ3n) is 11.9. The molecule has 0 aliphatic carbocycles. The minimum atomic E-state index is -4.38. The quantitative estimate of drug-likeness (QED) is 0.0264. The molecule has 10 heteroatoms. The third kappa shape index (κ3) is 52.9. The molecule has 0 aromatic rings. The highest BCUT2D eigenvalue weighted by Crippen LogP contribution is 2.43. The van der Waals surface area contributed by atoms with E-state index >= 15 is 0 Å². The number of phosphoric acid groups is 1. The monoisotopic (exact) mass is 962 g/mol. The second-order valence-corrected chi connectivity index (χ2v) is 19.9. The van der Waals surface area contributed by atoms with Crippen molar-refractivity contribution in [2.75, 3.05) is 26.4 Å². The van der Waals surface area contributed by atoms with Crippen LogP contribution in [-0.2, 0) is 32.7 Å². The summed E-state index contributed by atoms with van der Waals surface area (Å²) in [5.41, 5.74) is 5.37. The molecule has 0 saturated carbocycles. The summed E-state index contributed by atoms with van der Waals surface area (Å²) in [6.45, 7) is 3.62. The fourth-order valence-electron chi connectivity index (χ4n) is 7.80. The first-order chi connectivity index (χ1) is 32.8. The SMILES string of the molecule is CC/C=C\C/C=C\C/C=C\C/C=C\CCCCCCCCCCCCCCCCCCCCCCC(=O)OC(COC(=O)CCCCCCC/C=C\CCCCCC)COP(=O)(O)OCCN. The van der Waals surface area contributed by atoms with E-state index in [1.54, 1.807) is 0 Å². The van der Waals surface area contributed by atoms with Crippen molar-refractivity contribution in [3.05, 3.63) is 60.8 Å². The maximum atomic E-state index is 12.7. The minimum Gasteiger partial charge on any atom is -0.462 e. The molecule has 0 heterocycles. The second kappa shape index (κ2) is 53.1. The molecule has 390 valence electrons. The number of nitrogens with two attached hydrogens (primary N) is 1. The molecule has 0 aromatic heterocycles. The summed E-state index contributed by atoms with van der Waals surface area (Å²) < 4.78 is 32.9. The van der Waals surface area contributed by atoms with Crippen LogP contribution in [0.25, 0.3) is 0 Å². The van der Waals surface area contributed by atoms with Gasteiger partial charge in [0.25, 0.3) is 0 Å². The van der Waals surface area contributed by atoms with Crippen molar-refractivity contribution in [2.24, 2.45) is 5.73 Å². The average Bonchev–Trinajstić information content (AvgIpc) is 3.32. The number of ether oxygens (including phenoxy) is 2. The zero-order chi connectivity index (χ0) is 48.8. The molecule has 0 radical (unpaired) electrons. The van der Waals surface area contributed by atoms with Gasteiger partial charge in [-0.25, -0.2) is 4.57 Å². The van der Waals surface area contributed by atoms with Crippen LogP contribution in [0, 0.1) is 0 Å². The normalized spacial score (nSPS) is 13.6. The van der Waals surface area contributed by atoms with E-state index in [9.17, 15) is 19.0 Å². The Morgan fingerprint density at radius 2 is 0.821 bits per heavy atom. The Labute approximate surface area is 412 Å². The van der Waals surface area contributed by atoms with Crippen LogP contribution in [0.15, 0.2) is 60.8 Å². The summed E-state index contributed by atoms with van der Waals surface area (Å²) in [6, 6.07) is 0. The van der Waals surface area contributed by atoms with Crippen molar-refractivity contribution in [2.45, 2.75) is 264 Å². The number of phosphoric ester groups is 1. The zero-order valence-electron chi connectivity index (χ0n) is 43.4. The zero-order valence-corrected chi connectivity index (χ0v) is 44.3. The van der Waals surface area contributed by atoms with E-state index in [2.05, 4.69) is 74.6 Å². The second-order valence-electron chi connectivity index (χ2n) is 18.4. The number of hydrogen-bond acceptors (Lipinski definition) is 8. The molecule has 0 spiro atoms. The van der Waals surface area contributed by atoms with Crippen molar-refractivity contribution < 1.29 is 37.6 Å². The van der Waals surface area contributed by atoms with Crippen LogP contribution < -0.4 is 5.73 Å². The van der Waals surface area contributed by atoms with Gasteiger partial charge in [-0.05, 0) is 77.0 Å². The van der Waals surface area contributed by atoms with Crippen LogP contribution in [0.5, 0.6) is 0 Å². The molecule has 0 fully saturated rings. The highest BCUT2D eigenvalue weighted by Gasteiger charge is 2.26. The predicted octanol–water partition coefficient (Wildman–Crippen LogP) is 17.2. The summed E-state index contributed by atoms with van der Waals surface area (Å²) >= 11 is 0. The number of esters is 2. The number of hydrogen-bond donors (Lipinski definition) is 2. The van der Waals surface area contributed by atoms with Crippen LogP contribution in [0.4, 0.5) is 0 Å². The van der Waals surface area contributed by atoms with E-state index in [-0.39, 0.29) is 38.6 Å². The molecular formula is C57H104NO8P. The number of rotatable bonds is 52. The molecule has 0 rings (SSSR count). The third-order valence-corrected chi connectivity index (χ3v) is 12.9. The van der Waals surface area contributed by atoms with Gasteiger partial charge in [-0.3, -0.25) is 18.6 Å². The summed E-state index contributed by atoms with van der Waals surface area (Å²) in [7, 11) is -4.38. The van der Waals surface area contributed by atoms with E-state index in [0.29, 0.717) is 6.42 Å². The van der Waals surface area contributed by atoms with Crippen LogP contribution in [0.3, 0.4) is 0 Å². The molecule has 0 amide bonds. The van der Waals surface area contributed by atoms with Gasteiger partial charge in [-0.2, -0.15) is 0 Å². The standard InChI is InChI=1S/C57H104NO8P/c1-3-5-7-9-11-13-15-17-18-19-20-21-22-23-24-25-26-27-28-29-30-31-32-33-34-35-36-38-40-42-44-46-48-50-57(60)66-55(54-65-67(61,62)64-52-51-58)53-63-56(59)49-47-45-43-41-39-37-16-14-12-10-8-6-4-2/h5,7,11,13-14,16-18,20-21,55H,3-4,6,8-10,12,15,19,22-54,58H2,1-2H3,(H,61,62)/b7-5-,13-11-,16-14-,18-17-,21-20-. The van der Waals surface area contributed by atoms with E-state index in [1.807, 2.05) is 0 Å². The highest BCUT2D eigenvalue weighted by molar-refractivity contribution is 7.47. The van der Waals surface area contributed by atoms with Gasteiger partial charge < -0.3 is 20.1 Å². The fraction of sp³-hybridized carbons (Fsp3) is 0.789. The minimum absolute atomic E-state index is 0.0525. The molecule has 3 N–H and O–H groups in total. The molecule has 9 nitrogen and oxygen atoms in total. The first kappa shape index (κ1) is 64.7.